The van der Waals surface area contributed by atoms with Crippen LogP contribution in [0.3, 0.4) is 0 Å². The molecule has 0 aromatic heterocycles. The van der Waals surface area contributed by atoms with E-state index in [4.69, 9.17) is 10.7 Å². The smallest absolute Gasteiger partial charge is 0.261 e. The molecule has 0 atom stereocenters. The van der Waals surface area contributed by atoms with E-state index in [2.05, 4.69) is 12.2 Å². The Morgan fingerprint density at radius 3 is 2.52 bits per heavy atom. The summed E-state index contributed by atoms with van der Waals surface area (Å²) in [5.74, 6) is 0.528. The number of halogens is 1. The van der Waals surface area contributed by atoms with Gasteiger partial charge in [0.15, 0.2) is 0 Å². The van der Waals surface area contributed by atoms with Crippen LogP contribution in [-0.2, 0) is 9.05 Å². The lowest BCUT2D eigenvalue weighted by molar-refractivity contribution is 0.0921. The maximum absolute atomic E-state index is 12.2. The number of nitrogens with one attached hydrogen (secondary N) is 1. The van der Waals surface area contributed by atoms with Crippen LogP contribution in [0.5, 0.6) is 0 Å². The van der Waals surface area contributed by atoms with E-state index in [1.165, 1.54) is 24.6 Å². The third-order valence-electron chi connectivity index (χ3n) is 4.14. The summed E-state index contributed by atoms with van der Waals surface area (Å²) in [6, 6.07) is 5.99. The normalized spacial score (nSPS) is 22.8. The molecule has 1 amide bonds. The van der Waals surface area contributed by atoms with Gasteiger partial charge in [-0.2, -0.15) is 0 Å². The summed E-state index contributed by atoms with van der Waals surface area (Å²) in [4.78, 5) is 12.1. The zero-order valence-electron chi connectivity index (χ0n) is 12.0. The Bertz CT molecular complexity index is 607. The highest BCUT2D eigenvalue weighted by molar-refractivity contribution is 8.13. The van der Waals surface area contributed by atoms with Crippen molar-refractivity contribution in [3.63, 3.8) is 0 Å². The zero-order valence-corrected chi connectivity index (χ0v) is 13.6. The van der Waals surface area contributed by atoms with E-state index in [1.54, 1.807) is 6.07 Å². The molecule has 1 fully saturated rings. The summed E-state index contributed by atoms with van der Waals surface area (Å²) in [6.45, 7) is 2.20. The highest BCUT2D eigenvalue weighted by atomic mass is 35.7. The monoisotopic (exact) mass is 329 g/mol. The van der Waals surface area contributed by atoms with Gasteiger partial charge in [0, 0.05) is 22.3 Å². The van der Waals surface area contributed by atoms with E-state index < -0.39 is 9.05 Å². The van der Waals surface area contributed by atoms with Crippen molar-refractivity contribution in [2.45, 2.75) is 50.0 Å². The lowest BCUT2D eigenvalue weighted by Gasteiger charge is -2.28. The van der Waals surface area contributed by atoms with Crippen LogP contribution in [0.4, 0.5) is 0 Å². The zero-order chi connectivity index (χ0) is 15.5. The van der Waals surface area contributed by atoms with Crippen molar-refractivity contribution in [1.82, 2.24) is 5.32 Å². The molecule has 21 heavy (non-hydrogen) atoms. The van der Waals surface area contributed by atoms with Crippen molar-refractivity contribution in [3.8, 4) is 0 Å². The largest absolute Gasteiger partial charge is 0.349 e. The van der Waals surface area contributed by atoms with E-state index >= 15 is 0 Å². The third kappa shape index (κ3) is 4.45. The van der Waals surface area contributed by atoms with Crippen molar-refractivity contribution in [1.29, 1.82) is 0 Å². The first-order chi connectivity index (χ1) is 9.90. The molecule has 1 N–H and O–H groups in total. The van der Waals surface area contributed by atoms with Crippen LogP contribution >= 0.6 is 10.7 Å². The first-order valence-electron chi connectivity index (χ1n) is 7.25. The maximum atomic E-state index is 12.2. The Kier molecular flexibility index (Phi) is 5.27. The van der Waals surface area contributed by atoms with Gasteiger partial charge in [-0.3, -0.25) is 4.79 Å². The number of rotatable bonds is 4. The highest BCUT2D eigenvalue weighted by Gasteiger charge is 2.22. The lowest BCUT2D eigenvalue weighted by atomic mass is 9.84. The molecule has 0 bridgehead atoms. The maximum Gasteiger partial charge on any atom is 0.261 e. The highest BCUT2D eigenvalue weighted by Crippen LogP contribution is 2.26. The van der Waals surface area contributed by atoms with Crippen molar-refractivity contribution in [2.75, 3.05) is 0 Å². The molecule has 0 unspecified atom stereocenters. The van der Waals surface area contributed by atoms with Crippen molar-refractivity contribution < 1.29 is 13.2 Å². The molecule has 116 valence electrons. The number of amides is 1. The first kappa shape index (κ1) is 16.3. The number of hydrogen-bond acceptors (Lipinski definition) is 3. The molecule has 6 heteroatoms. The summed E-state index contributed by atoms with van der Waals surface area (Å²) < 4.78 is 22.6. The summed E-state index contributed by atoms with van der Waals surface area (Å²) in [5.41, 5.74) is 0.328. The van der Waals surface area contributed by atoms with Gasteiger partial charge < -0.3 is 5.32 Å². The minimum atomic E-state index is -3.81. The Balaban J connectivity index is 2.01. The topological polar surface area (TPSA) is 63.2 Å². The summed E-state index contributed by atoms with van der Waals surface area (Å²) >= 11 is 0. The molecule has 1 aliphatic rings. The molecule has 0 saturated heterocycles. The molecular weight excluding hydrogens is 310 g/mol. The molecule has 2 rings (SSSR count). The van der Waals surface area contributed by atoms with Crippen molar-refractivity contribution in [3.05, 3.63) is 29.8 Å². The standard InChI is InChI=1S/C15H20ClNO3S/c1-2-11-6-8-13(9-7-11)17-15(18)12-4-3-5-14(10-12)21(16,19)20/h3-5,10-11,13H,2,6-9H2,1H3,(H,17,18). The quantitative estimate of drug-likeness (QED) is 0.862. The molecule has 0 aliphatic heterocycles. The van der Waals surface area contributed by atoms with Crippen LogP contribution in [0.2, 0.25) is 0 Å². The van der Waals surface area contributed by atoms with Gasteiger partial charge in [0.1, 0.15) is 0 Å². The Morgan fingerprint density at radius 2 is 1.95 bits per heavy atom. The first-order valence-corrected chi connectivity index (χ1v) is 9.56. The third-order valence-corrected chi connectivity index (χ3v) is 5.49. The number of carbonyl (C=O) groups excluding carboxylic acids is 1. The lowest BCUT2D eigenvalue weighted by Crippen LogP contribution is -2.37. The average Bonchev–Trinajstić information content (AvgIpc) is 2.47. The van der Waals surface area contributed by atoms with Gasteiger partial charge in [-0.1, -0.05) is 19.4 Å². The molecule has 4 nitrogen and oxygen atoms in total. The van der Waals surface area contributed by atoms with Crippen molar-refractivity contribution >= 4 is 25.6 Å². The predicted molar refractivity (Wildman–Crippen MR) is 83.0 cm³/mol. The fraction of sp³-hybridized carbons (Fsp3) is 0.533. The minimum Gasteiger partial charge on any atom is -0.349 e. The van der Waals surface area contributed by atoms with Gasteiger partial charge in [-0.05, 0) is 49.8 Å². The van der Waals surface area contributed by atoms with Gasteiger partial charge in [0.25, 0.3) is 15.0 Å². The summed E-state index contributed by atoms with van der Waals surface area (Å²) in [7, 11) is 1.49. The Hall–Kier alpha value is -1.07. The Labute approximate surface area is 130 Å². The minimum absolute atomic E-state index is 0.0495. The molecule has 1 saturated carbocycles. The van der Waals surface area contributed by atoms with Crippen LogP contribution in [0.1, 0.15) is 49.4 Å². The molecule has 0 spiro atoms. The van der Waals surface area contributed by atoms with Gasteiger partial charge in [0.05, 0.1) is 4.90 Å². The van der Waals surface area contributed by atoms with Crippen LogP contribution in [-0.4, -0.2) is 20.4 Å². The SMILES string of the molecule is CCC1CCC(NC(=O)c2cccc(S(=O)(=O)Cl)c2)CC1. The van der Waals surface area contributed by atoms with Crippen LogP contribution in [0, 0.1) is 5.92 Å². The number of hydrogen-bond donors (Lipinski definition) is 1. The summed E-state index contributed by atoms with van der Waals surface area (Å²) in [5, 5.41) is 2.98. The second-order valence-electron chi connectivity index (χ2n) is 5.57. The molecule has 0 radical (unpaired) electrons. The average molecular weight is 330 g/mol. The summed E-state index contributed by atoms with van der Waals surface area (Å²) in [6.07, 6.45) is 5.43. The number of carbonyl (C=O) groups is 1. The van der Waals surface area contributed by atoms with E-state index in [-0.39, 0.29) is 16.8 Å². The number of benzene rings is 1. The van der Waals surface area contributed by atoms with E-state index in [9.17, 15) is 13.2 Å². The second kappa shape index (κ2) is 6.79. The van der Waals surface area contributed by atoms with Crippen LogP contribution in [0.25, 0.3) is 0 Å². The van der Waals surface area contributed by atoms with E-state index in [0.717, 1.165) is 31.6 Å². The van der Waals surface area contributed by atoms with E-state index in [1.807, 2.05) is 0 Å². The van der Waals surface area contributed by atoms with Gasteiger partial charge >= 0.3 is 0 Å². The molecule has 0 heterocycles. The molecule has 1 aromatic rings. The Morgan fingerprint density at radius 1 is 1.29 bits per heavy atom. The van der Waals surface area contributed by atoms with Gasteiger partial charge in [0.2, 0.25) is 0 Å². The molecule has 1 aliphatic carbocycles. The van der Waals surface area contributed by atoms with Crippen molar-refractivity contribution in [2.24, 2.45) is 5.92 Å². The fourth-order valence-corrected chi connectivity index (χ4v) is 3.57. The predicted octanol–water partition coefficient (Wildman–Crippen LogP) is 3.31. The second-order valence-corrected chi connectivity index (χ2v) is 8.13. The van der Waals surface area contributed by atoms with Crippen LogP contribution in [0.15, 0.2) is 29.2 Å². The van der Waals surface area contributed by atoms with Gasteiger partial charge in [-0.25, -0.2) is 8.42 Å². The molecule has 1 aromatic carbocycles. The van der Waals surface area contributed by atoms with E-state index in [0.29, 0.717) is 5.56 Å². The fourth-order valence-electron chi connectivity index (χ4n) is 2.77. The van der Waals surface area contributed by atoms with Crippen LogP contribution < -0.4 is 5.32 Å². The molecular formula is C15H20ClNO3S. The van der Waals surface area contributed by atoms with Gasteiger partial charge in [-0.15, -0.1) is 0 Å².